The van der Waals surface area contributed by atoms with E-state index in [0.717, 1.165) is 12.0 Å². The van der Waals surface area contributed by atoms with E-state index in [0.29, 0.717) is 5.75 Å². The van der Waals surface area contributed by atoms with Gasteiger partial charge >= 0.3 is 5.97 Å². The number of aromatic carboxylic acids is 1. The molecule has 0 spiro atoms. The van der Waals surface area contributed by atoms with Gasteiger partial charge in [-0.05, 0) is 18.6 Å². The molecule has 0 saturated carbocycles. The highest BCUT2D eigenvalue weighted by molar-refractivity contribution is 5.91. The molecular formula is C10H10O3. The first-order valence-corrected chi connectivity index (χ1v) is 4.20. The molecule has 0 aliphatic carbocycles. The Bertz CT molecular complexity index is 357. The van der Waals surface area contributed by atoms with Gasteiger partial charge in [-0.3, -0.25) is 0 Å². The Labute approximate surface area is 76.0 Å². The molecule has 3 nitrogen and oxygen atoms in total. The van der Waals surface area contributed by atoms with Crippen LogP contribution < -0.4 is 4.74 Å². The van der Waals surface area contributed by atoms with Crippen molar-refractivity contribution in [3.05, 3.63) is 29.3 Å². The van der Waals surface area contributed by atoms with Gasteiger partial charge < -0.3 is 9.84 Å². The summed E-state index contributed by atoms with van der Waals surface area (Å²) in [5, 5.41) is 8.86. The van der Waals surface area contributed by atoms with E-state index in [1.165, 1.54) is 0 Å². The van der Waals surface area contributed by atoms with Gasteiger partial charge in [0.15, 0.2) is 0 Å². The highest BCUT2D eigenvalue weighted by Gasteiger charge is 2.24. The normalized spacial score (nSPS) is 19.3. The molecule has 13 heavy (non-hydrogen) atoms. The van der Waals surface area contributed by atoms with Gasteiger partial charge in [-0.25, -0.2) is 4.79 Å². The largest absolute Gasteiger partial charge is 0.489 e. The van der Waals surface area contributed by atoms with Gasteiger partial charge in [0.1, 0.15) is 17.4 Å². The van der Waals surface area contributed by atoms with Crippen LogP contribution in [0.2, 0.25) is 0 Å². The Morgan fingerprint density at radius 2 is 2.38 bits per heavy atom. The standard InChI is InChI=1S/C10H10O3/c1-6-5-7-3-2-4-8(10(11)12)9(7)13-6/h2-4,6H,5H2,1H3,(H,11,12)/t6-/m1/s1. The molecule has 0 bridgehead atoms. The smallest absolute Gasteiger partial charge is 0.339 e. The number of ether oxygens (including phenoxy) is 1. The number of carbonyl (C=O) groups is 1. The zero-order chi connectivity index (χ0) is 9.42. The summed E-state index contributed by atoms with van der Waals surface area (Å²) in [7, 11) is 0. The molecule has 0 aromatic heterocycles. The summed E-state index contributed by atoms with van der Waals surface area (Å²) >= 11 is 0. The van der Waals surface area contributed by atoms with Crippen molar-refractivity contribution >= 4 is 5.97 Å². The van der Waals surface area contributed by atoms with E-state index in [4.69, 9.17) is 9.84 Å². The van der Waals surface area contributed by atoms with Crippen LogP contribution in [0.15, 0.2) is 18.2 Å². The second kappa shape index (κ2) is 2.76. The molecule has 1 heterocycles. The van der Waals surface area contributed by atoms with Crippen molar-refractivity contribution in [1.29, 1.82) is 0 Å². The Kier molecular flexibility index (Phi) is 1.72. The van der Waals surface area contributed by atoms with Crippen molar-refractivity contribution < 1.29 is 14.6 Å². The summed E-state index contributed by atoms with van der Waals surface area (Å²) in [6.07, 6.45) is 0.895. The quantitative estimate of drug-likeness (QED) is 0.712. The Morgan fingerprint density at radius 1 is 1.62 bits per heavy atom. The summed E-state index contributed by atoms with van der Waals surface area (Å²) in [6.45, 7) is 1.94. The number of fused-ring (bicyclic) bond motifs is 1. The van der Waals surface area contributed by atoms with Crippen molar-refractivity contribution in [1.82, 2.24) is 0 Å². The van der Waals surface area contributed by atoms with Gasteiger partial charge in [-0.15, -0.1) is 0 Å². The molecule has 68 valence electrons. The maximum atomic E-state index is 10.8. The van der Waals surface area contributed by atoms with E-state index in [9.17, 15) is 4.79 Å². The highest BCUT2D eigenvalue weighted by Crippen LogP contribution is 2.32. The second-order valence-corrected chi connectivity index (χ2v) is 3.23. The predicted molar refractivity (Wildman–Crippen MR) is 47.2 cm³/mol. The van der Waals surface area contributed by atoms with Gasteiger partial charge in [-0.2, -0.15) is 0 Å². The minimum Gasteiger partial charge on any atom is -0.489 e. The molecule has 1 aliphatic rings. The van der Waals surface area contributed by atoms with E-state index in [2.05, 4.69) is 0 Å². The average Bonchev–Trinajstić information content (AvgIpc) is 2.43. The van der Waals surface area contributed by atoms with Gasteiger partial charge in [0.05, 0.1) is 0 Å². The van der Waals surface area contributed by atoms with Crippen LogP contribution in [-0.2, 0) is 6.42 Å². The van der Waals surface area contributed by atoms with Crippen molar-refractivity contribution in [3.63, 3.8) is 0 Å². The molecule has 1 N–H and O–H groups in total. The fourth-order valence-corrected chi connectivity index (χ4v) is 1.61. The van der Waals surface area contributed by atoms with Gasteiger partial charge in [0.2, 0.25) is 0 Å². The summed E-state index contributed by atoms with van der Waals surface area (Å²) in [6, 6.07) is 5.23. The lowest BCUT2D eigenvalue weighted by atomic mass is 10.1. The lowest BCUT2D eigenvalue weighted by molar-refractivity contribution is 0.0692. The average molecular weight is 178 g/mol. The van der Waals surface area contributed by atoms with E-state index in [1.807, 2.05) is 13.0 Å². The SMILES string of the molecule is C[C@@H]1Cc2cccc(C(=O)O)c2O1. The Balaban J connectivity index is 2.51. The molecule has 1 aromatic carbocycles. The van der Waals surface area contributed by atoms with Gasteiger partial charge in [-0.1, -0.05) is 12.1 Å². The van der Waals surface area contributed by atoms with Gasteiger partial charge in [0, 0.05) is 6.42 Å². The first-order chi connectivity index (χ1) is 6.18. The molecule has 0 unspecified atom stereocenters. The maximum absolute atomic E-state index is 10.8. The fourth-order valence-electron chi connectivity index (χ4n) is 1.61. The van der Waals surface area contributed by atoms with E-state index in [1.54, 1.807) is 12.1 Å². The summed E-state index contributed by atoms with van der Waals surface area (Å²) in [4.78, 5) is 10.8. The number of carboxylic acids is 1. The Hall–Kier alpha value is -1.51. The monoisotopic (exact) mass is 178 g/mol. The molecule has 0 fully saturated rings. The van der Waals surface area contributed by atoms with Gasteiger partial charge in [0.25, 0.3) is 0 Å². The first-order valence-electron chi connectivity index (χ1n) is 4.20. The number of hydrogen-bond acceptors (Lipinski definition) is 2. The number of rotatable bonds is 1. The molecule has 0 amide bonds. The number of hydrogen-bond donors (Lipinski definition) is 1. The van der Waals surface area contributed by atoms with Crippen LogP contribution in [0.4, 0.5) is 0 Å². The van der Waals surface area contributed by atoms with Crippen LogP contribution in [0.25, 0.3) is 0 Å². The minimum atomic E-state index is -0.925. The molecule has 2 rings (SSSR count). The highest BCUT2D eigenvalue weighted by atomic mass is 16.5. The van der Waals surface area contributed by atoms with Crippen LogP contribution in [-0.4, -0.2) is 17.2 Å². The summed E-state index contributed by atoms with van der Waals surface area (Å²) < 4.78 is 5.42. The van der Waals surface area contributed by atoms with E-state index in [-0.39, 0.29) is 11.7 Å². The van der Waals surface area contributed by atoms with Crippen LogP contribution in [0.3, 0.4) is 0 Å². The zero-order valence-electron chi connectivity index (χ0n) is 7.28. The molecular weight excluding hydrogens is 168 g/mol. The fraction of sp³-hybridized carbons (Fsp3) is 0.300. The molecule has 0 saturated heterocycles. The van der Waals surface area contributed by atoms with E-state index < -0.39 is 5.97 Å². The summed E-state index contributed by atoms with van der Waals surface area (Å²) in [5.41, 5.74) is 1.26. The van der Waals surface area contributed by atoms with Crippen molar-refractivity contribution in [3.8, 4) is 5.75 Å². The zero-order valence-corrected chi connectivity index (χ0v) is 7.28. The van der Waals surface area contributed by atoms with Crippen LogP contribution in [0, 0.1) is 0 Å². The van der Waals surface area contributed by atoms with Crippen molar-refractivity contribution in [2.24, 2.45) is 0 Å². The van der Waals surface area contributed by atoms with Crippen molar-refractivity contribution in [2.75, 3.05) is 0 Å². The third-order valence-corrected chi connectivity index (χ3v) is 2.15. The lowest BCUT2D eigenvalue weighted by Gasteiger charge is -2.05. The Morgan fingerprint density at radius 3 is 3.08 bits per heavy atom. The predicted octanol–water partition coefficient (Wildman–Crippen LogP) is 1.71. The third-order valence-electron chi connectivity index (χ3n) is 2.15. The van der Waals surface area contributed by atoms with E-state index >= 15 is 0 Å². The molecule has 1 aliphatic heterocycles. The maximum Gasteiger partial charge on any atom is 0.339 e. The topological polar surface area (TPSA) is 46.5 Å². The third kappa shape index (κ3) is 1.26. The van der Waals surface area contributed by atoms with Crippen LogP contribution in [0.1, 0.15) is 22.8 Å². The van der Waals surface area contributed by atoms with Crippen LogP contribution >= 0.6 is 0 Å². The van der Waals surface area contributed by atoms with Crippen molar-refractivity contribution in [2.45, 2.75) is 19.4 Å². The number of carboxylic acid groups (broad SMARTS) is 1. The molecule has 1 aromatic rings. The molecule has 3 heteroatoms. The number of benzene rings is 1. The second-order valence-electron chi connectivity index (χ2n) is 3.23. The molecule has 1 atom stereocenters. The lowest BCUT2D eigenvalue weighted by Crippen LogP contribution is -2.07. The minimum absolute atomic E-state index is 0.0931. The number of para-hydroxylation sites is 1. The van der Waals surface area contributed by atoms with Crippen LogP contribution in [0.5, 0.6) is 5.75 Å². The molecule has 0 radical (unpaired) electrons. The summed E-state index contributed by atoms with van der Waals surface area (Å²) in [5.74, 6) is -0.381. The first kappa shape index (κ1) is 8.10.